The summed E-state index contributed by atoms with van der Waals surface area (Å²) in [4.78, 5) is 42.8. The van der Waals surface area contributed by atoms with E-state index >= 15 is 0 Å². The number of halogens is 1. The molecule has 2 aromatic rings. The van der Waals surface area contributed by atoms with Gasteiger partial charge in [0.05, 0.1) is 23.4 Å². The molecule has 1 saturated heterocycles. The van der Waals surface area contributed by atoms with Gasteiger partial charge >= 0.3 is 0 Å². The maximum absolute atomic E-state index is 14.0. The molecule has 2 atom stereocenters. The first-order valence-corrected chi connectivity index (χ1v) is 9.82. The van der Waals surface area contributed by atoms with E-state index in [1.54, 1.807) is 52.3 Å². The van der Waals surface area contributed by atoms with E-state index < -0.39 is 17.3 Å². The highest BCUT2D eigenvalue weighted by Gasteiger charge is 2.55. The van der Waals surface area contributed by atoms with Gasteiger partial charge in [-0.1, -0.05) is 36.4 Å². The zero-order valence-corrected chi connectivity index (χ0v) is 16.5. The smallest absolute Gasteiger partial charge is 0.254 e. The Kier molecular flexibility index (Phi) is 4.73. The molecule has 0 aromatic heterocycles. The van der Waals surface area contributed by atoms with Crippen molar-refractivity contribution in [2.45, 2.75) is 26.3 Å². The minimum absolute atomic E-state index is 0.0691. The first-order valence-electron chi connectivity index (χ1n) is 9.82. The Morgan fingerprint density at radius 2 is 1.76 bits per heavy atom. The van der Waals surface area contributed by atoms with Crippen molar-refractivity contribution in [1.29, 1.82) is 0 Å². The standard InChI is InChI=1S/C23H23FN2O3/c1-3-26-19-13-25(20(27)12-15-8-4-7-11-18(15)24)14-23(19,2)21(28)16-9-5-6-10-17(16)22(26)29/h4-11,19H,3,12-14H2,1-2H3/t19-,23+/m1/s1. The second-order valence-corrected chi connectivity index (χ2v) is 7.94. The molecule has 0 spiro atoms. The van der Waals surface area contributed by atoms with Crippen molar-refractivity contribution in [2.75, 3.05) is 19.6 Å². The van der Waals surface area contributed by atoms with Crippen molar-refractivity contribution in [3.63, 3.8) is 0 Å². The lowest BCUT2D eigenvalue weighted by molar-refractivity contribution is -0.129. The Bertz CT molecular complexity index is 1010. The molecule has 0 N–H and O–H groups in total. The molecule has 6 heteroatoms. The Hall–Kier alpha value is -3.02. The number of likely N-dealkylation sites (N-methyl/N-ethyl adjacent to an activating group) is 1. The number of Topliss-reactive ketones (excluding diaryl/α,β-unsaturated/α-hetero) is 1. The zero-order valence-electron chi connectivity index (χ0n) is 16.5. The molecular formula is C23H23FN2O3. The quantitative estimate of drug-likeness (QED) is 0.804. The maximum Gasteiger partial charge on any atom is 0.254 e. The minimum atomic E-state index is -0.900. The number of benzene rings is 2. The van der Waals surface area contributed by atoms with Gasteiger partial charge in [0.1, 0.15) is 5.82 Å². The zero-order chi connectivity index (χ0) is 20.8. The third-order valence-corrected chi connectivity index (χ3v) is 6.20. The van der Waals surface area contributed by atoms with E-state index in [9.17, 15) is 18.8 Å². The molecule has 0 saturated carbocycles. The van der Waals surface area contributed by atoms with Crippen LogP contribution in [0.25, 0.3) is 0 Å². The van der Waals surface area contributed by atoms with E-state index in [1.165, 1.54) is 6.07 Å². The fourth-order valence-electron chi connectivity index (χ4n) is 4.58. The Morgan fingerprint density at radius 1 is 1.10 bits per heavy atom. The summed E-state index contributed by atoms with van der Waals surface area (Å²) in [6.07, 6.45) is -0.0691. The van der Waals surface area contributed by atoms with Crippen LogP contribution < -0.4 is 0 Å². The summed E-state index contributed by atoms with van der Waals surface area (Å²) < 4.78 is 14.0. The Morgan fingerprint density at radius 3 is 2.45 bits per heavy atom. The number of hydrogen-bond acceptors (Lipinski definition) is 3. The van der Waals surface area contributed by atoms with Crippen LogP contribution in [0.4, 0.5) is 4.39 Å². The van der Waals surface area contributed by atoms with Gasteiger partial charge in [-0.25, -0.2) is 4.39 Å². The molecule has 2 aliphatic rings. The van der Waals surface area contributed by atoms with Gasteiger partial charge < -0.3 is 9.80 Å². The summed E-state index contributed by atoms with van der Waals surface area (Å²) in [6, 6.07) is 12.7. The highest BCUT2D eigenvalue weighted by molar-refractivity contribution is 6.12. The second kappa shape index (κ2) is 7.10. The van der Waals surface area contributed by atoms with Crippen LogP contribution in [0.15, 0.2) is 48.5 Å². The van der Waals surface area contributed by atoms with Gasteiger partial charge in [-0.05, 0) is 31.5 Å². The molecule has 5 nitrogen and oxygen atoms in total. The normalized spacial score (nSPS) is 23.6. The SMILES string of the molecule is CCN1C(=O)c2ccccc2C(=O)[C@@]2(C)CN(C(=O)Cc3ccccc3F)C[C@@H]12. The summed E-state index contributed by atoms with van der Waals surface area (Å²) in [5.41, 5.74) is 0.252. The second-order valence-electron chi connectivity index (χ2n) is 7.94. The summed E-state index contributed by atoms with van der Waals surface area (Å²) in [6.45, 7) is 4.62. The van der Waals surface area contributed by atoms with Crippen LogP contribution in [0.3, 0.4) is 0 Å². The first kappa shape index (κ1) is 19.3. The maximum atomic E-state index is 14.0. The lowest BCUT2D eigenvalue weighted by atomic mass is 9.78. The average Bonchev–Trinajstić information content (AvgIpc) is 3.05. The number of likely N-dealkylation sites (tertiary alicyclic amines) is 1. The number of carbonyl (C=O) groups is 3. The van der Waals surface area contributed by atoms with Gasteiger partial charge in [0.2, 0.25) is 5.91 Å². The number of carbonyl (C=O) groups excluding carboxylic acids is 3. The molecule has 0 bridgehead atoms. The van der Waals surface area contributed by atoms with Crippen molar-refractivity contribution in [2.24, 2.45) is 5.41 Å². The number of amides is 2. The number of fused-ring (bicyclic) bond motifs is 2. The number of rotatable bonds is 3. The van der Waals surface area contributed by atoms with Gasteiger partial charge in [0.25, 0.3) is 5.91 Å². The van der Waals surface area contributed by atoms with Crippen LogP contribution in [-0.4, -0.2) is 53.1 Å². The molecule has 29 heavy (non-hydrogen) atoms. The first-order chi connectivity index (χ1) is 13.9. The van der Waals surface area contributed by atoms with Gasteiger partial charge in [-0.3, -0.25) is 14.4 Å². The van der Waals surface area contributed by atoms with Gasteiger partial charge in [-0.15, -0.1) is 0 Å². The predicted octanol–water partition coefficient (Wildman–Crippen LogP) is 2.94. The summed E-state index contributed by atoms with van der Waals surface area (Å²) >= 11 is 0. The molecule has 2 heterocycles. The Balaban J connectivity index is 1.68. The highest BCUT2D eigenvalue weighted by Crippen LogP contribution is 2.41. The molecule has 2 amide bonds. The highest BCUT2D eigenvalue weighted by atomic mass is 19.1. The molecule has 2 aliphatic heterocycles. The van der Waals surface area contributed by atoms with Crippen molar-refractivity contribution in [3.05, 3.63) is 71.0 Å². The van der Waals surface area contributed by atoms with Gasteiger partial charge in [0.15, 0.2) is 5.78 Å². The van der Waals surface area contributed by atoms with Crippen molar-refractivity contribution in [3.8, 4) is 0 Å². The molecule has 2 aromatic carbocycles. The lowest BCUT2D eigenvalue weighted by Gasteiger charge is -2.34. The van der Waals surface area contributed by atoms with E-state index in [4.69, 9.17) is 0 Å². The van der Waals surface area contributed by atoms with E-state index in [1.807, 2.05) is 13.8 Å². The van der Waals surface area contributed by atoms with Crippen LogP contribution in [0.2, 0.25) is 0 Å². The molecule has 0 radical (unpaired) electrons. The van der Waals surface area contributed by atoms with Crippen molar-refractivity contribution < 1.29 is 18.8 Å². The largest absolute Gasteiger partial charge is 0.339 e. The van der Waals surface area contributed by atoms with Crippen LogP contribution in [0.1, 0.15) is 40.1 Å². The molecule has 4 rings (SSSR count). The average molecular weight is 394 g/mol. The lowest BCUT2D eigenvalue weighted by Crippen LogP contribution is -2.49. The van der Waals surface area contributed by atoms with Crippen LogP contribution in [0.5, 0.6) is 0 Å². The molecule has 0 unspecified atom stereocenters. The topological polar surface area (TPSA) is 57.7 Å². The number of nitrogens with zero attached hydrogens (tertiary/aromatic N) is 2. The number of ketones is 1. The van der Waals surface area contributed by atoms with Crippen LogP contribution in [0, 0.1) is 11.2 Å². The minimum Gasteiger partial charge on any atom is -0.339 e. The van der Waals surface area contributed by atoms with Crippen molar-refractivity contribution >= 4 is 17.6 Å². The fourth-order valence-corrected chi connectivity index (χ4v) is 4.58. The van der Waals surface area contributed by atoms with Gasteiger partial charge in [0, 0.05) is 25.2 Å². The third-order valence-electron chi connectivity index (χ3n) is 6.20. The van der Waals surface area contributed by atoms with E-state index in [0.29, 0.717) is 23.2 Å². The van der Waals surface area contributed by atoms with Gasteiger partial charge in [-0.2, -0.15) is 0 Å². The van der Waals surface area contributed by atoms with Crippen molar-refractivity contribution in [1.82, 2.24) is 9.80 Å². The monoisotopic (exact) mass is 394 g/mol. The van der Waals surface area contributed by atoms with Crippen LogP contribution in [-0.2, 0) is 11.2 Å². The third kappa shape index (κ3) is 3.03. The predicted molar refractivity (Wildman–Crippen MR) is 106 cm³/mol. The Labute approximate surface area is 169 Å². The van der Waals surface area contributed by atoms with Crippen LogP contribution >= 0.6 is 0 Å². The summed E-state index contributed by atoms with van der Waals surface area (Å²) in [5, 5.41) is 0. The number of hydrogen-bond donors (Lipinski definition) is 0. The van der Waals surface area contributed by atoms with E-state index in [0.717, 1.165) is 0 Å². The molecule has 150 valence electrons. The van der Waals surface area contributed by atoms with E-state index in [2.05, 4.69) is 0 Å². The van der Waals surface area contributed by atoms with E-state index in [-0.39, 0.29) is 37.1 Å². The summed E-state index contributed by atoms with van der Waals surface area (Å²) in [7, 11) is 0. The molecular weight excluding hydrogens is 371 g/mol. The molecule has 0 aliphatic carbocycles. The summed E-state index contributed by atoms with van der Waals surface area (Å²) in [5.74, 6) is -0.970. The fraction of sp³-hybridized carbons (Fsp3) is 0.348. The molecule has 1 fully saturated rings.